The molecule has 6 nitrogen and oxygen atoms in total. The van der Waals surface area contributed by atoms with Gasteiger partial charge in [-0.25, -0.2) is 4.79 Å². The number of piperidine rings is 1. The normalized spacial score (nSPS) is 22.4. The fourth-order valence-corrected chi connectivity index (χ4v) is 4.69. The SMILES string of the molecule is CC(=O)N1CC2(CCN(Cc3ccnc4ccccc34)CC2)C[C@H]1C(=O)O. The summed E-state index contributed by atoms with van der Waals surface area (Å²) in [6.45, 7) is 4.77. The Bertz CT molecular complexity index is 845. The van der Waals surface area contributed by atoms with Crippen LogP contribution in [0.3, 0.4) is 0 Å². The highest BCUT2D eigenvalue weighted by atomic mass is 16.4. The number of carbonyl (C=O) groups excluding carboxylic acids is 1. The summed E-state index contributed by atoms with van der Waals surface area (Å²) in [6, 6.07) is 9.61. The van der Waals surface area contributed by atoms with E-state index in [-0.39, 0.29) is 11.3 Å². The number of likely N-dealkylation sites (tertiary alicyclic amines) is 2. The Labute approximate surface area is 158 Å². The number of para-hydroxylation sites is 1. The molecule has 0 radical (unpaired) electrons. The van der Waals surface area contributed by atoms with E-state index in [0.717, 1.165) is 38.0 Å². The monoisotopic (exact) mass is 367 g/mol. The highest BCUT2D eigenvalue weighted by molar-refractivity contribution is 5.83. The first-order valence-corrected chi connectivity index (χ1v) is 9.52. The largest absolute Gasteiger partial charge is 0.480 e. The van der Waals surface area contributed by atoms with Crippen molar-refractivity contribution in [3.05, 3.63) is 42.1 Å². The Kier molecular flexibility index (Phi) is 4.60. The van der Waals surface area contributed by atoms with Gasteiger partial charge in [0.1, 0.15) is 6.04 Å². The maximum atomic E-state index is 11.9. The second-order valence-corrected chi connectivity index (χ2v) is 7.97. The van der Waals surface area contributed by atoms with Crippen molar-refractivity contribution in [3.63, 3.8) is 0 Å². The van der Waals surface area contributed by atoms with Crippen molar-refractivity contribution in [3.8, 4) is 0 Å². The molecule has 2 aliphatic heterocycles. The maximum absolute atomic E-state index is 11.9. The number of nitrogens with zero attached hydrogens (tertiary/aromatic N) is 3. The standard InChI is InChI=1S/C21H25N3O3/c1-15(25)24-14-21(12-19(24)20(26)27)7-10-23(11-8-21)13-16-6-9-22-18-5-3-2-4-17(16)18/h2-6,9,19H,7-8,10-14H2,1H3,(H,26,27)/t19-/m0/s1. The van der Waals surface area contributed by atoms with E-state index in [4.69, 9.17) is 0 Å². The average Bonchev–Trinajstić information content (AvgIpc) is 3.04. The minimum atomic E-state index is -0.882. The Morgan fingerprint density at radius 1 is 1.22 bits per heavy atom. The molecule has 0 saturated carbocycles. The van der Waals surface area contributed by atoms with Gasteiger partial charge in [0.25, 0.3) is 0 Å². The summed E-state index contributed by atoms with van der Waals surface area (Å²) in [4.78, 5) is 31.8. The van der Waals surface area contributed by atoms with E-state index in [0.29, 0.717) is 13.0 Å². The first kappa shape index (κ1) is 17.9. The molecule has 3 heterocycles. The Morgan fingerprint density at radius 2 is 1.96 bits per heavy atom. The third-order valence-corrected chi connectivity index (χ3v) is 6.25. The molecule has 1 spiro atoms. The molecule has 2 fully saturated rings. The molecule has 1 atom stereocenters. The van der Waals surface area contributed by atoms with Crippen molar-refractivity contribution in [2.75, 3.05) is 19.6 Å². The van der Waals surface area contributed by atoms with Gasteiger partial charge in [-0.2, -0.15) is 0 Å². The number of carboxylic acids is 1. The number of rotatable bonds is 3. The first-order valence-electron chi connectivity index (χ1n) is 9.52. The van der Waals surface area contributed by atoms with Crippen LogP contribution >= 0.6 is 0 Å². The smallest absolute Gasteiger partial charge is 0.326 e. The number of pyridine rings is 1. The van der Waals surface area contributed by atoms with Crippen LogP contribution in [-0.4, -0.2) is 57.4 Å². The topological polar surface area (TPSA) is 73.7 Å². The third-order valence-electron chi connectivity index (χ3n) is 6.25. The van der Waals surface area contributed by atoms with E-state index < -0.39 is 12.0 Å². The van der Waals surface area contributed by atoms with E-state index in [2.05, 4.69) is 22.0 Å². The molecule has 6 heteroatoms. The van der Waals surface area contributed by atoms with Crippen molar-refractivity contribution in [1.29, 1.82) is 0 Å². The fourth-order valence-electron chi connectivity index (χ4n) is 4.69. The molecule has 1 aromatic heterocycles. The quantitative estimate of drug-likeness (QED) is 0.902. The second-order valence-electron chi connectivity index (χ2n) is 7.97. The zero-order chi connectivity index (χ0) is 19.0. The predicted octanol–water partition coefficient (Wildman–Crippen LogP) is 2.52. The fraction of sp³-hybridized carbons (Fsp3) is 0.476. The highest BCUT2D eigenvalue weighted by Gasteiger charge is 2.49. The number of carboxylic acid groups (broad SMARTS) is 1. The molecule has 1 amide bonds. The van der Waals surface area contributed by atoms with Gasteiger partial charge in [0.2, 0.25) is 5.91 Å². The predicted molar refractivity (Wildman–Crippen MR) is 102 cm³/mol. The Morgan fingerprint density at radius 3 is 2.63 bits per heavy atom. The van der Waals surface area contributed by atoms with E-state index in [9.17, 15) is 14.7 Å². The van der Waals surface area contributed by atoms with Crippen LogP contribution in [-0.2, 0) is 16.1 Å². The first-order chi connectivity index (χ1) is 13.0. The number of carbonyl (C=O) groups is 2. The molecule has 0 unspecified atom stereocenters. The van der Waals surface area contributed by atoms with E-state index >= 15 is 0 Å². The molecule has 2 aliphatic rings. The summed E-state index contributed by atoms with van der Waals surface area (Å²) in [5, 5.41) is 10.7. The molecule has 2 saturated heterocycles. The molecular formula is C21H25N3O3. The van der Waals surface area contributed by atoms with Gasteiger partial charge < -0.3 is 10.0 Å². The molecular weight excluding hydrogens is 342 g/mol. The molecule has 142 valence electrons. The maximum Gasteiger partial charge on any atom is 0.326 e. The van der Waals surface area contributed by atoms with Gasteiger partial charge in [-0.15, -0.1) is 0 Å². The van der Waals surface area contributed by atoms with Crippen LogP contribution < -0.4 is 0 Å². The Balaban J connectivity index is 1.45. The van der Waals surface area contributed by atoms with Gasteiger partial charge in [-0.3, -0.25) is 14.7 Å². The molecule has 1 N–H and O–H groups in total. The number of hydrogen-bond donors (Lipinski definition) is 1. The summed E-state index contributed by atoms with van der Waals surface area (Å²) >= 11 is 0. The van der Waals surface area contributed by atoms with Crippen LogP contribution in [0.2, 0.25) is 0 Å². The molecule has 2 aromatic rings. The Hall–Kier alpha value is -2.47. The molecule has 27 heavy (non-hydrogen) atoms. The van der Waals surface area contributed by atoms with Crippen LogP contribution in [0.25, 0.3) is 10.9 Å². The van der Waals surface area contributed by atoms with E-state index in [1.54, 1.807) is 4.90 Å². The molecule has 0 bridgehead atoms. The minimum Gasteiger partial charge on any atom is -0.480 e. The lowest BCUT2D eigenvalue weighted by atomic mass is 9.76. The molecule has 4 rings (SSSR count). The van der Waals surface area contributed by atoms with Crippen LogP contribution in [0, 0.1) is 5.41 Å². The van der Waals surface area contributed by atoms with Crippen LogP contribution in [0.15, 0.2) is 36.5 Å². The van der Waals surface area contributed by atoms with Crippen LogP contribution in [0.4, 0.5) is 0 Å². The molecule has 0 aliphatic carbocycles. The van der Waals surface area contributed by atoms with Crippen molar-refractivity contribution < 1.29 is 14.7 Å². The summed E-state index contributed by atoms with van der Waals surface area (Å²) < 4.78 is 0. The average molecular weight is 367 g/mol. The zero-order valence-corrected chi connectivity index (χ0v) is 15.6. The summed E-state index contributed by atoms with van der Waals surface area (Å²) in [6.07, 6.45) is 4.31. The number of amides is 1. The number of aromatic nitrogens is 1. The second kappa shape index (κ2) is 6.93. The van der Waals surface area contributed by atoms with Gasteiger partial charge in [0.05, 0.1) is 5.52 Å². The van der Waals surface area contributed by atoms with Crippen molar-refractivity contribution in [2.45, 2.75) is 38.8 Å². The van der Waals surface area contributed by atoms with Crippen LogP contribution in [0.1, 0.15) is 31.7 Å². The zero-order valence-electron chi connectivity index (χ0n) is 15.6. The summed E-state index contributed by atoms with van der Waals surface area (Å²) in [5.74, 6) is -1.02. The third kappa shape index (κ3) is 3.41. The van der Waals surface area contributed by atoms with Crippen molar-refractivity contribution in [1.82, 2.24) is 14.8 Å². The van der Waals surface area contributed by atoms with Gasteiger partial charge >= 0.3 is 5.97 Å². The molecule has 1 aromatic carbocycles. The van der Waals surface area contributed by atoms with Gasteiger partial charge in [0.15, 0.2) is 0 Å². The van der Waals surface area contributed by atoms with E-state index in [1.165, 1.54) is 17.9 Å². The lowest BCUT2D eigenvalue weighted by Gasteiger charge is -2.39. The van der Waals surface area contributed by atoms with Crippen molar-refractivity contribution >= 4 is 22.8 Å². The lowest BCUT2D eigenvalue weighted by Crippen LogP contribution is -2.42. The van der Waals surface area contributed by atoms with Gasteiger partial charge in [-0.05, 0) is 55.5 Å². The van der Waals surface area contributed by atoms with Crippen LogP contribution in [0.5, 0.6) is 0 Å². The van der Waals surface area contributed by atoms with E-state index in [1.807, 2.05) is 24.4 Å². The number of hydrogen-bond acceptors (Lipinski definition) is 4. The number of aliphatic carboxylic acids is 1. The number of benzene rings is 1. The number of fused-ring (bicyclic) bond motifs is 1. The van der Waals surface area contributed by atoms with Gasteiger partial charge in [-0.1, -0.05) is 18.2 Å². The van der Waals surface area contributed by atoms with Gasteiger partial charge in [0, 0.05) is 31.6 Å². The minimum absolute atomic E-state index is 0.0501. The highest BCUT2D eigenvalue weighted by Crippen LogP contribution is 2.43. The summed E-state index contributed by atoms with van der Waals surface area (Å²) in [7, 11) is 0. The van der Waals surface area contributed by atoms with Crippen molar-refractivity contribution in [2.24, 2.45) is 5.41 Å². The lowest BCUT2D eigenvalue weighted by molar-refractivity contribution is -0.147. The summed E-state index contributed by atoms with van der Waals surface area (Å²) in [5.41, 5.74) is 2.24.